The maximum Gasteiger partial charge on any atom is 0.325 e. The van der Waals surface area contributed by atoms with Crippen LogP contribution in [0.1, 0.15) is 38.3 Å². The largest absolute Gasteiger partial charge is 0.490 e. The average Bonchev–Trinajstić information content (AvgIpc) is 2.67. The van der Waals surface area contributed by atoms with E-state index in [0.717, 1.165) is 23.3 Å². The van der Waals surface area contributed by atoms with Gasteiger partial charge < -0.3 is 10.1 Å². The molecule has 3 amide bonds. The van der Waals surface area contributed by atoms with Gasteiger partial charge in [-0.1, -0.05) is 19.1 Å². The third kappa shape index (κ3) is 3.35. The molecule has 5 heteroatoms. The van der Waals surface area contributed by atoms with Crippen molar-refractivity contribution in [3.05, 3.63) is 29.3 Å². The summed E-state index contributed by atoms with van der Waals surface area (Å²) in [6, 6.07) is 5.02. The maximum absolute atomic E-state index is 12.0. The van der Waals surface area contributed by atoms with Gasteiger partial charge in [0.1, 0.15) is 11.8 Å². The summed E-state index contributed by atoms with van der Waals surface area (Å²) in [5.74, 6) is 0.541. The second-order valence-corrected chi connectivity index (χ2v) is 5.54. The van der Waals surface area contributed by atoms with Gasteiger partial charge in [-0.05, 0) is 38.8 Å². The summed E-state index contributed by atoms with van der Waals surface area (Å²) in [6.45, 7) is 7.97. The molecular weight excluding hydrogens is 268 g/mol. The zero-order valence-electron chi connectivity index (χ0n) is 13.0. The van der Waals surface area contributed by atoms with Gasteiger partial charge in [0.25, 0.3) is 5.91 Å². The lowest BCUT2D eigenvalue weighted by atomic mass is 10.1. The lowest BCUT2D eigenvalue weighted by Crippen LogP contribution is -2.30. The number of imide groups is 1. The Labute approximate surface area is 125 Å². The topological polar surface area (TPSA) is 58.6 Å². The molecule has 5 nitrogen and oxygen atoms in total. The van der Waals surface area contributed by atoms with Gasteiger partial charge in [0, 0.05) is 5.56 Å². The van der Waals surface area contributed by atoms with Crippen LogP contribution in [0.2, 0.25) is 0 Å². The molecule has 1 saturated heterocycles. The van der Waals surface area contributed by atoms with Gasteiger partial charge in [0.2, 0.25) is 0 Å². The Kier molecular flexibility index (Phi) is 4.50. The molecule has 0 spiro atoms. The summed E-state index contributed by atoms with van der Waals surface area (Å²) >= 11 is 0. The SMILES string of the molecule is CCC(C)Oc1cc(C)ccc1CN1C(=O)NC(C)C1=O. The Morgan fingerprint density at radius 3 is 2.67 bits per heavy atom. The molecule has 21 heavy (non-hydrogen) atoms. The van der Waals surface area contributed by atoms with Gasteiger partial charge in [0.15, 0.2) is 0 Å². The summed E-state index contributed by atoms with van der Waals surface area (Å²) < 4.78 is 5.91. The van der Waals surface area contributed by atoms with Crippen LogP contribution in [0.5, 0.6) is 5.75 Å². The summed E-state index contributed by atoms with van der Waals surface area (Å²) in [7, 11) is 0. The van der Waals surface area contributed by atoms with Crippen molar-refractivity contribution in [2.75, 3.05) is 0 Å². The van der Waals surface area contributed by atoms with Gasteiger partial charge in [-0.15, -0.1) is 0 Å². The molecule has 0 saturated carbocycles. The predicted molar refractivity (Wildman–Crippen MR) is 80.1 cm³/mol. The third-order valence-corrected chi connectivity index (χ3v) is 3.68. The van der Waals surface area contributed by atoms with Crippen LogP contribution in [0.15, 0.2) is 18.2 Å². The van der Waals surface area contributed by atoms with Crippen LogP contribution in [0.4, 0.5) is 4.79 Å². The molecule has 0 bridgehead atoms. The minimum Gasteiger partial charge on any atom is -0.490 e. The molecule has 114 valence electrons. The molecule has 1 N–H and O–H groups in total. The average molecular weight is 290 g/mol. The minimum atomic E-state index is -0.457. The number of rotatable bonds is 5. The van der Waals surface area contributed by atoms with E-state index in [2.05, 4.69) is 12.2 Å². The van der Waals surface area contributed by atoms with Crippen LogP contribution in [0.3, 0.4) is 0 Å². The summed E-state index contributed by atoms with van der Waals surface area (Å²) in [6.07, 6.45) is 0.987. The van der Waals surface area contributed by atoms with E-state index >= 15 is 0 Å². The molecule has 1 aromatic rings. The molecule has 0 aromatic heterocycles. The van der Waals surface area contributed by atoms with E-state index in [-0.39, 0.29) is 24.6 Å². The van der Waals surface area contributed by atoms with Gasteiger partial charge in [-0.2, -0.15) is 0 Å². The number of hydrogen-bond donors (Lipinski definition) is 1. The fourth-order valence-electron chi connectivity index (χ4n) is 2.18. The molecular formula is C16H22N2O3. The van der Waals surface area contributed by atoms with Crippen molar-refractivity contribution in [2.24, 2.45) is 0 Å². The number of amides is 3. The van der Waals surface area contributed by atoms with Crippen LogP contribution in [0.25, 0.3) is 0 Å². The highest BCUT2D eigenvalue weighted by Crippen LogP contribution is 2.25. The van der Waals surface area contributed by atoms with Gasteiger partial charge in [0.05, 0.1) is 12.6 Å². The quantitative estimate of drug-likeness (QED) is 0.848. The zero-order chi connectivity index (χ0) is 15.6. The predicted octanol–water partition coefficient (Wildman–Crippen LogP) is 2.61. The van der Waals surface area contributed by atoms with E-state index < -0.39 is 6.04 Å². The Morgan fingerprint density at radius 1 is 1.38 bits per heavy atom. The van der Waals surface area contributed by atoms with E-state index in [0.29, 0.717) is 0 Å². The van der Waals surface area contributed by atoms with Gasteiger partial charge in [-0.25, -0.2) is 4.79 Å². The van der Waals surface area contributed by atoms with Crippen LogP contribution < -0.4 is 10.1 Å². The van der Waals surface area contributed by atoms with E-state index in [1.165, 1.54) is 4.90 Å². The number of hydrogen-bond acceptors (Lipinski definition) is 3. The number of benzene rings is 1. The van der Waals surface area contributed by atoms with E-state index in [1.807, 2.05) is 32.0 Å². The normalized spacial score (nSPS) is 19.6. The first-order valence-corrected chi connectivity index (χ1v) is 7.30. The smallest absolute Gasteiger partial charge is 0.325 e. The molecule has 1 aliphatic rings. The number of carbonyl (C=O) groups excluding carboxylic acids is 2. The second kappa shape index (κ2) is 6.16. The first-order chi connectivity index (χ1) is 9.92. The Balaban J connectivity index is 2.23. The highest BCUT2D eigenvalue weighted by Gasteiger charge is 2.35. The standard InChI is InChI=1S/C16H22N2O3/c1-5-11(3)21-14-8-10(2)6-7-13(14)9-18-15(19)12(4)17-16(18)20/h6-8,11-12H,5,9H2,1-4H3,(H,17,20). The second-order valence-electron chi connectivity index (χ2n) is 5.54. The van der Waals surface area contributed by atoms with E-state index in [9.17, 15) is 9.59 Å². The van der Waals surface area contributed by atoms with Crippen LogP contribution in [-0.4, -0.2) is 29.0 Å². The third-order valence-electron chi connectivity index (χ3n) is 3.68. The fraction of sp³-hybridized carbons (Fsp3) is 0.500. The molecule has 1 aromatic carbocycles. The van der Waals surface area contributed by atoms with Crippen molar-refractivity contribution >= 4 is 11.9 Å². The van der Waals surface area contributed by atoms with Crippen LogP contribution >= 0.6 is 0 Å². The Morgan fingerprint density at radius 2 is 2.10 bits per heavy atom. The number of ether oxygens (including phenoxy) is 1. The van der Waals surface area contributed by atoms with E-state index in [1.54, 1.807) is 6.92 Å². The number of carbonyl (C=O) groups is 2. The number of aryl methyl sites for hydroxylation is 1. The van der Waals surface area contributed by atoms with Crippen molar-refractivity contribution < 1.29 is 14.3 Å². The molecule has 0 radical (unpaired) electrons. The summed E-state index contributed by atoms with van der Waals surface area (Å²) in [4.78, 5) is 25.0. The molecule has 1 heterocycles. The number of nitrogens with one attached hydrogen (secondary N) is 1. The highest BCUT2D eigenvalue weighted by atomic mass is 16.5. The lowest BCUT2D eigenvalue weighted by Gasteiger charge is -2.19. The highest BCUT2D eigenvalue weighted by molar-refractivity contribution is 6.03. The molecule has 0 aliphatic carbocycles. The number of nitrogens with zero attached hydrogens (tertiary/aromatic N) is 1. The van der Waals surface area contributed by atoms with Gasteiger partial charge in [-0.3, -0.25) is 9.69 Å². The van der Waals surface area contributed by atoms with Crippen molar-refractivity contribution in [1.29, 1.82) is 0 Å². The van der Waals surface area contributed by atoms with Crippen LogP contribution in [0, 0.1) is 6.92 Å². The van der Waals surface area contributed by atoms with Crippen LogP contribution in [-0.2, 0) is 11.3 Å². The van der Waals surface area contributed by atoms with Crippen molar-refractivity contribution in [2.45, 2.75) is 52.8 Å². The van der Waals surface area contributed by atoms with Crippen molar-refractivity contribution in [3.8, 4) is 5.75 Å². The van der Waals surface area contributed by atoms with E-state index in [4.69, 9.17) is 4.74 Å². The Hall–Kier alpha value is -2.04. The molecule has 2 rings (SSSR count). The first-order valence-electron chi connectivity index (χ1n) is 7.30. The molecule has 2 unspecified atom stereocenters. The monoisotopic (exact) mass is 290 g/mol. The Bertz CT molecular complexity index is 556. The molecule has 1 aliphatic heterocycles. The summed E-state index contributed by atoms with van der Waals surface area (Å²) in [5, 5.41) is 2.62. The van der Waals surface area contributed by atoms with Gasteiger partial charge >= 0.3 is 6.03 Å². The molecule has 1 fully saturated rings. The zero-order valence-corrected chi connectivity index (χ0v) is 13.0. The lowest BCUT2D eigenvalue weighted by molar-refractivity contribution is -0.127. The minimum absolute atomic E-state index is 0.0904. The molecule has 2 atom stereocenters. The van der Waals surface area contributed by atoms with Crippen molar-refractivity contribution in [1.82, 2.24) is 10.2 Å². The summed E-state index contributed by atoms with van der Waals surface area (Å²) in [5.41, 5.74) is 1.93. The first kappa shape index (κ1) is 15.4. The fourth-order valence-corrected chi connectivity index (χ4v) is 2.18. The maximum atomic E-state index is 12.0. The van der Waals surface area contributed by atoms with Crippen molar-refractivity contribution in [3.63, 3.8) is 0 Å². The number of urea groups is 1.